The topological polar surface area (TPSA) is 45.0 Å². The zero-order valence-electron chi connectivity index (χ0n) is 10.7. The monoisotopic (exact) mass is 241 g/mol. The van der Waals surface area contributed by atoms with Crippen molar-refractivity contribution in [2.24, 2.45) is 5.73 Å². The summed E-state index contributed by atoms with van der Waals surface area (Å²) in [6.07, 6.45) is 4.47. The van der Waals surface area contributed by atoms with E-state index in [0.29, 0.717) is 18.0 Å². The van der Waals surface area contributed by atoms with Crippen LogP contribution in [0.5, 0.6) is 0 Å². The fourth-order valence-corrected chi connectivity index (χ4v) is 3.98. The molecule has 3 atom stereocenters. The number of aromatic nitrogens is 1. The highest BCUT2D eigenvalue weighted by molar-refractivity contribution is 5.88. The Morgan fingerprint density at radius 1 is 1.39 bits per heavy atom. The van der Waals surface area contributed by atoms with E-state index < -0.39 is 0 Å². The lowest BCUT2D eigenvalue weighted by atomic mass is 9.74. The van der Waals surface area contributed by atoms with Gasteiger partial charge in [-0.1, -0.05) is 12.1 Å². The van der Waals surface area contributed by atoms with Gasteiger partial charge < -0.3 is 15.6 Å². The maximum absolute atomic E-state index is 6.21. The molecule has 1 aromatic carbocycles. The molecule has 3 N–H and O–H groups in total. The second-order valence-electron chi connectivity index (χ2n) is 5.90. The molecular formula is C15H19N3. The summed E-state index contributed by atoms with van der Waals surface area (Å²) in [5, 5.41) is 1.46. The van der Waals surface area contributed by atoms with Gasteiger partial charge in [0.25, 0.3) is 0 Å². The van der Waals surface area contributed by atoms with Crippen molar-refractivity contribution in [1.82, 2.24) is 9.88 Å². The Morgan fingerprint density at radius 3 is 3.17 bits per heavy atom. The molecule has 18 heavy (non-hydrogen) atoms. The van der Waals surface area contributed by atoms with Crippen molar-refractivity contribution in [3.8, 4) is 0 Å². The zero-order chi connectivity index (χ0) is 12.3. The van der Waals surface area contributed by atoms with Crippen LogP contribution in [0.3, 0.4) is 0 Å². The molecule has 2 aromatic rings. The zero-order valence-corrected chi connectivity index (χ0v) is 10.7. The molecule has 4 rings (SSSR count). The molecule has 3 heteroatoms. The van der Waals surface area contributed by atoms with Crippen molar-refractivity contribution in [2.45, 2.75) is 30.8 Å². The Labute approximate surface area is 107 Å². The number of nitrogens with one attached hydrogen (secondary N) is 1. The fraction of sp³-hybridized carbons (Fsp3) is 0.467. The highest BCUT2D eigenvalue weighted by atomic mass is 15.2. The number of likely N-dealkylation sites (tertiary alicyclic amines) is 1. The normalized spacial score (nSPS) is 31.6. The lowest BCUT2D eigenvalue weighted by Crippen LogP contribution is -2.52. The molecule has 1 aliphatic heterocycles. The minimum Gasteiger partial charge on any atom is -0.361 e. The number of benzene rings is 1. The first-order valence-electron chi connectivity index (χ1n) is 6.78. The van der Waals surface area contributed by atoms with Crippen LogP contribution in [0.25, 0.3) is 10.9 Å². The highest BCUT2D eigenvalue weighted by Crippen LogP contribution is 2.42. The Balaban J connectivity index is 1.92. The Bertz CT molecular complexity index is 601. The molecule has 1 fully saturated rings. The number of nitrogens with two attached hydrogens (primary N) is 1. The molecule has 0 saturated carbocycles. The van der Waals surface area contributed by atoms with Crippen LogP contribution in [0.15, 0.2) is 24.4 Å². The summed E-state index contributed by atoms with van der Waals surface area (Å²) in [5.41, 5.74) is 10.5. The number of hydrogen-bond acceptors (Lipinski definition) is 2. The number of rotatable bonds is 0. The number of fused-ring (bicyclic) bond motifs is 2. The van der Waals surface area contributed by atoms with Crippen molar-refractivity contribution in [2.75, 3.05) is 13.6 Å². The van der Waals surface area contributed by atoms with Crippen LogP contribution in [0, 0.1) is 0 Å². The second kappa shape index (κ2) is 3.59. The largest absolute Gasteiger partial charge is 0.361 e. The van der Waals surface area contributed by atoms with Gasteiger partial charge in [-0.15, -0.1) is 0 Å². The van der Waals surface area contributed by atoms with Crippen molar-refractivity contribution >= 4 is 10.9 Å². The van der Waals surface area contributed by atoms with Crippen LogP contribution < -0.4 is 5.73 Å². The molecule has 0 radical (unpaired) electrons. The molecule has 0 spiro atoms. The van der Waals surface area contributed by atoms with Gasteiger partial charge >= 0.3 is 0 Å². The minimum atomic E-state index is 0.312. The second-order valence-corrected chi connectivity index (χ2v) is 5.90. The molecule has 1 aromatic heterocycles. The predicted octanol–water partition coefficient (Wildman–Crippen LogP) is 1.84. The first-order chi connectivity index (χ1) is 8.74. The van der Waals surface area contributed by atoms with E-state index in [1.807, 2.05) is 0 Å². The predicted molar refractivity (Wildman–Crippen MR) is 73.8 cm³/mol. The van der Waals surface area contributed by atoms with Gasteiger partial charge in [-0.05, 0) is 37.1 Å². The summed E-state index contributed by atoms with van der Waals surface area (Å²) in [4.78, 5) is 5.86. The van der Waals surface area contributed by atoms with E-state index in [0.717, 1.165) is 19.4 Å². The summed E-state index contributed by atoms with van der Waals surface area (Å²) in [6, 6.07) is 7.57. The lowest BCUT2D eigenvalue weighted by molar-refractivity contribution is 0.141. The summed E-state index contributed by atoms with van der Waals surface area (Å²) >= 11 is 0. The molecule has 0 amide bonds. The average Bonchev–Trinajstić information content (AvgIpc) is 2.76. The fourth-order valence-electron chi connectivity index (χ4n) is 3.98. The van der Waals surface area contributed by atoms with Gasteiger partial charge in [-0.3, -0.25) is 0 Å². The SMILES string of the molecule is CN1C[C@@H](N)CC2c3cccc4[nH]cc(c34)C[C@H]21. The van der Waals surface area contributed by atoms with E-state index in [2.05, 4.69) is 41.3 Å². The molecule has 3 nitrogen and oxygen atoms in total. The van der Waals surface area contributed by atoms with E-state index in [4.69, 9.17) is 5.73 Å². The number of nitrogens with zero attached hydrogens (tertiary/aromatic N) is 1. The maximum Gasteiger partial charge on any atom is 0.0459 e. The third-order valence-corrected chi connectivity index (χ3v) is 4.76. The number of hydrogen-bond donors (Lipinski definition) is 2. The molecule has 2 aliphatic rings. The molecule has 2 heterocycles. The van der Waals surface area contributed by atoms with Gasteiger partial charge in [0.05, 0.1) is 0 Å². The standard InChI is InChI=1S/C15H19N3/c1-18-8-10(16)6-12-11-3-2-4-13-15(11)9(7-17-13)5-14(12)18/h2-4,7,10,12,14,17H,5-6,8,16H2,1H3/t10-,12?,14+/m0/s1. The van der Waals surface area contributed by atoms with Gasteiger partial charge in [0.15, 0.2) is 0 Å². The van der Waals surface area contributed by atoms with Crippen molar-refractivity contribution in [3.05, 3.63) is 35.5 Å². The van der Waals surface area contributed by atoms with Crippen molar-refractivity contribution in [3.63, 3.8) is 0 Å². The first-order valence-corrected chi connectivity index (χ1v) is 6.78. The quantitative estimate of drug-likeness (QED) is 0.739. The van der Waals surface area contributed by atoms with Crippen LogP contribution >= 0.6 is 0 Å². The van der Waals surface area contributed by atoms with Gasteiger partial charge in [0.1, 0.15) is 0 Å². The molecule has 94 valence electrons. The van der Waals surface area contributed by atoms with E-state index in [1.165, 1.54) is 22.0 Å². The summed E-state index contributed by atoms with van der Waals surface area (Å²) in [5.74, 6) is 0.603. The number of H-pyrrole nitrogens is 1. The number of likely N-dealkylation sites (N-methyl/N-ethyl adjacent to an activating group) is 1. The average molecular weight is 241 g/mol. The van der Waals surface area contributed by atoms with Crippen molar-refractivity contribution in [1.29, 1.82) is 0 Å². The van der Waals surface area contributed by atoms with Crippen LogP contribution in [0.4, 0.5) is 0 Å². The van der Waals surface area contributed by atoms with Crippen LogP contribution in [-0.2, 0) is 6.42 Å². The summed E-state index contributed by atoms with van der Waals surface area (Å²) < 4.78 is 0. The van der Waals surface area contributed by atoms with E-state index in [9.17, 15) is 0 Å². The van der Waals surface area contributed by atoms with Gasteiger partial charge in [-0.2, -0.15) is 0 Å². The number of piperidine rings is 1. The van der Waals surface area contributed by atoms with E-state index in [-0.39, 0.29) is 0 Å². The molecule has 1 unspecified atom stereocenters. The Hall–Kier alpha value is -1.32. The molecule has 0 bridgehead atoms. The van der Waals surface area contributed by atoms with E-state index >= 15 is 0 Å². The highest BCUT2D eigenvalue weighted by Gasteiger charge is 2.38. The van der Waals surface area contributed by atoms with Gasteiger partial charge in [0.2, 0.25) is 0 Å². The molecule has 1 aliphatic carbocycles. The lowest BCUT2D eigenvalue weighted by Gasteiger charge is -2.44. The smallest absolute Gasteiger partial charge is 0.0459 e. The molecule has 1 saturated heterocycles. The van der Waals surface area contributed by atoms with Crippen LogP contribution in [0.1, 0.15) is 23.5 Å². The van der Waals surface area contributed by atoms with Gasteiger partial charge in [-0.25, -0.2) is 0 Å². The van der Waals surface area contributed by atoms with Crippen LogP contribution in [0.2, 0.25) is 0 Å². The third-order valence-electron chi connectivity index (χ3n) is 4.76. The van der Waals surface area contributed by atoms with E-state index in [1.54, 1.807) is 0 Å². The number of aromatic amines is 1. The molecular weight excluding hydrogens is 222 g/mol. The minimum absolute atomic E-state index is 0.312. The maximum atomic E-state index is 6.21. The van der Waals surface area contributed by atoms with Crippen molar-refractivity contribution < 1.29 is 0 Å². The summed E-state index contributed by atoms with van der Waals surface area (Å²) in [6.45, 7) is 1.02. The third kappa shape index (κ3) is 1.32. The Kier molecular flexibility index (Phi) is 2.11. The van der Waals surface area contributed by atoms with Crippen LogP contribution in [-0.4, -0.2) is 35.6 Å². The Morgan fingerprint density at radius 2 is 2.28 bits per heavy atom. The van der Waals surface area contributed by atoms with Gasteiger partial charge in [0, 0.05) is 41.6 Å². The first kappa shape index (κ1) is 10.6. The summed E-state index contributed by atoms with van der Waals surface area (Å²) in [7, 11) is 2.22.